The molecule has 6 heteroatoms. The van der Waals surface area contributed by atoms with E-state index in [1.54, 1.807) is 28.4 Å². The Kier molecular flexibility index (Phi) is 5.22. The monoisotopic (exact) mass is 325 g/mol. The first kappa shape index (κ1) is 16.2. The van der Waals surface area contributed by atoms with Gasteiger partial charge in [0.15, 0.2) is 0 Å². The maximum absolute atomic E-state index is 12.9. The predicted octanol–water partition coefficient (Wildman–Crippen LogP) is 3.10. The van der Waals surface area contributed by atoms with Gasteiger partial charge in [-0.2, -0.15) is 0 Å². The van der Waals surface area contributed by atoms with Gasteiger partial charge < -0.3 is 10.0 Å². The van der Waals surface area contributed by atoms with E-state index in [0.717, 1.165) is 16.9 Å². The standard InChI is InChI=1S/C15H19NO3S2/c1-4-13-16(12(8-21-13)15(18)19)14(17)11-7-10(20-3)6-5-9(11)2/h5-7,12-13H,4,8H2,1-3H3,(H,18,19). The lowest BCUT2D eigenvalue weighted by atomic mass is 10.1. The van der Waals surface area contributed by atoms with Crippen molar-refractivity contribution in [1.82, 2.24) is 4.90 Å². The van der Waals surface area contributed by atoms with Crippen LogP contribution in [-0.2, 0) is 4.79 Å². The van der Waals surface area contributed by atoms with Gasteiger partial charge in [0.05, 0.1) is 5.37 Å². The van der Waals surface area contributed by atoms with E-state index in [9.17, 15) is 14.7 Å². The third-order valence-electron chi connectivity index (χ3n) is 3.64. The highest BCUT2D eigenvalue weighted by molar-refractivity contribution is 8.00. The molecule has 2 unspecified atom stereocenters. The van der Waals surface area contributed by atoms with Crippen LogP contribution in [0.15, 0.2) is 23.1 Å². The van der Waals surface area contributed by atoms with Crippen molar-refractivity contribution in [3.63, 3.8) is 0 Å². The van der Waals surface area contributed by atoms with E-state index in [-0.39, 0.29) is 11.3 Å². The van der Waals surface area contributed by atoms with Crippen LogP contribution in [0.5, 0.6) is 0 Å². The third-order valence-corrected chi connectivity index (χ3v) is 5.82. The number of hydrogen-bond donors (Lipinski definition) is 1. The number of hydrogen-bond acceptors (Lipinski definition) is 4. The summed E-state index contributed by atoms with van der Waals surface area (Å²) >= 11 is 3.12. The summed E-state index contributed by atoms with van der Waals surface area (Å²) in [5.74, 6) is -0.640. The van der Waals surface area contributed by atoms with E-state index >= 15 is 0 Å². The molecule has 0 radical (unpaired) electrons. The second-order valence-corrected chi connectivity index (χ2v) is 7.03. The first-order valence-corrected chi connectivity index (χ1v) is 9.08. The molecular weight excluding hydrogens is 306 g/mol. The number of nitrogens with zero attached hydrogens (tertiary/aromatic N) is 1. The Labute approximate surface area is 133 Å². The van der Waals surface area contributed by atoms with Gasteiger partial charge in [0.2, 0.25) is 0 Å². The molecule has 1 fully saturated rings. The summed E-state index contributed by atoms with van der Waals surface area (Å²) < 4.78 is 0. The first-order chi connectivity index (χ1) is 9.99. The Morgan fingerprint density at radius 1 is 1.48 bits per heavy atom. The lowest BCUT2D eigenvalue weighted by molar-refractivity contribution is -0.141. The summed E-state index contributed by atoms with van der Waals surface area (Å²) in [6.07, 6.45) is 2.71. The van der Waals surface area contributed by atoms with Gasteiger partial charge in [-0.15, -0.1) is 23.5 Å². The molecule has 1 saturated heterocycles. The van der Waals surface area contributed by atoms with Gasteiger partial charge in [-0.05, 0) is 37.3 Å². The third kappa shape index (κ3) is 3.21. The molecule has 1 aromatic carbocycles. The minimum atomic E-state index is -0.925. The molecule has 1 N–H and O–H groups in total. The van der Waals surface area contributed by atoms with E-state index < -0.39 is 12.0 Å². The van der Waals surface area contributed by atoms with Crippen LogP contribution in [0.4, 0.5) is 0 Å². The molecule has 114 valence electrons. The maximum Gasteiger partial charge on any atom is 0.327 e. The predicted molar refractivity (Wildman–Crippen MR) is 87.1 cm³/mol. The van der Waals surface area contributed by atoms with E-state index in [2.05, 4.69) is 0 Å². The van der Waals surface area contributed by atoms with Crippen LogP contribution in [0, 0.1) is 6.92 Å². The van der Waals surface area contributed by atoms with Crippen molar-refractivity contribution in [3.05, 3.63) is 29.3 Å². The molecular formula is C15H19NO3S2. The van der Waals surface area contributed by atoms with E-state index in [1.165, 1.54) is 0 Å². The van der Waals surface area contributed by atoms with Gasteiger partial charge in [-0.25, -0.2) is 4.79 Å². The molecule has 0 aromatic heterocycles. The van der Waals surface area contributed by atoms with Crippen LogP contribution in [0.2, 0.25) is 0 Å². The Hall–Kier alpha value is -1.14. The summed E-state index contributed by atoms with van der Waals surface area (Å²) in [5.41, 5.74) is 1.49. The summed E-state index contributed by atoms with van der Waals surface area (Å²) in [7, 11) is 0. The van der Waals surface area contributed by atoms with Crippen molar-refractivity contribution in [3.8, 4) is 0 Å². The molecule has 1 aliphatic rings. The Balaban J connectivity index is 2.38. The van der Waals surface area contributed by atoms with Crippen LogP contribution in [0.3, 0.4) is 0 Å². The van der Waals surface area contributed by atoms with Gasteiger partial charge in [0.25, 0.3) is 5.91 Å². The zero-order chi connectivity index (χ0) is 15.6. The average molecular weight is 325 g/mol. The Morgan fingerprint density at radius 2 is 2.19 bits per heavy atom. The van der Waals surface area contributed by atoms with Crippen molar-refractivity contribution in [1.29, 1.82) is 0 Å². The number of aliphatic carboxylic acids is 1. The lowest BCUT2D eigenvalue weighted by Crippen LogP contribution is -2.45. The number of carboxylic acid groups (broad SMARTS) is 1. The highest BCUT2D eigenvalue weighted by Gasteiger charge is 2.41. The molecule has 21 heavy (non-hydrogen) atoms. The number of rotatable bonds is 4. The van der Waals surface area contributed by atoms with E-state index in [1.807, 2.05) is 38.3 Å². The zero-order valence-electron chi connectivity index (χ0n) is 12.3. The molecule has 2 atom stereocenters. The number of aryl methyl sites for hydroxylation is 1. The molecule has 2 rings (SSSR count). The number of amides is 1. The van der Waals surface area contributed by atoms with Crippen LogP contribution >= 0.6 is 23.5 Å². The molecule has 0 spiro atoms. The van der Waals surface area contributed by atoms with Gasteiger partial charge in [0, 0.05) is 16.2 Å². The number of thioether (sulfide) groups is 2. The normalized spacial score (nSPS) is 21.6. The lowest BCUT2D eigenvalue weighted by Gasteiger charge is -2.27. The largest absolute Gasteiger partial charge is 0.480 e. The molecule has 1 heterocycles. The molecule has 0 saturated carbocycles. The second kappa shape index (κ2) is 6.75. The van der Waals surface area contributed by atoms with Crippen LogP contribution in [-0.4, -0.2) is 45.3 Å². The Morgan fingerprint density at radius 3 is 2.76 bits per heavy atom. The minimum absolute atomic E-state index is 0.0593. The van der Waals surface area contributed by atoms with Crippen molar-refractivity contribution >= 4 is 35.4 Å². The van der Waals surface area contributed by atoms with Crippen LogP contribution in [0.1, 0.15) is 29.3 Å². The quantitative estimate of drug-likeness (QED) is 0.862. The highest BCUT2D eigenvalue weighted by Crippen LogP contribution is 2.33. The zero-order valence-corrected chi connectivity index (χ0v) is 14.0. The van der Waals surface area contributed by atoms with Crippen LogP contribution < -0.4 is 0 Å². The number of carboxylic acids is 1. The fraction of sp³-hybridized carbons (Fsp3) is 0.467. The smallest absolute Gasteiger partial charge is 0.327 e. The fourth-order valence-electron chi connectivity index (χ4n) is 2.44. The number of benzene rings is 1. The topological polar surface area (TPSA) is 57.6 Å². The highest BCUT2D eigenvalue weighted by atomic mass is 32.2. The maximum atomic E-state index is 12.9. The van der Waals surface area contributed by atoms with Crippen molar-refractivity contribution in [2.45, 2.75) is 36.6 Å². The second-order valence-electron chi connectivity index (χ2n) is 4.94. The SMILES string of the molecule is CCC1SCC(C(=O)O)N1C(=O)c1cc(SC)ccc1C. The summed E-state index contributed by atoms with van der Waals surface area (Å²) in [6.45, 7) is 3.87. The molecule has 1 aliphatic heterocycles. The average Bonchev–Trinajstić information content (AvgIpc) is 2.91. The number of carbonyl (C=O) groups is 2. The van der Waals surface area contributed by atoms with Crippen molar-refractivity contribution < 1.29 is 14.7 Å². The van der Waals surface area contributed by atoms with Crippen LogP contribution in [0.25, 0.3) is 0 Å². The molecule has 1 aromatic rings. The summed E-state index contributed by atoms with van der Waals surface area (Å²) in [5, 5.41) is 9.29. The first-order valence-electron chi connectivity index (χ1n) is 6.81. The van der Waals surface area contributed by atoms with Crippen molar-refractivity contribution in [2.24, 2.45) is 0 Å². The van der Waals surface area contributed by atoms with Gasteiger partial charge in [-0.1, -0.05) is 13.0 Å². The van der Waals surface area contributed by atoms with Crippen molar-refractivity contribution in [2.75, 3.05) is 12.0 Å². The van der Waals surface area contributed by atoms with E-state index in [0.29, 0.717) is 11.3 Å². The molecule has 0 aliphatic carbocycles. The fourth-order valence-corrected chi connectivity index (χ4v) is 4.22. The summed E-state index contributed by atoms with van der Waals surface area (Å²) in [4.78, 5) is 26.8. The number of carbonyl (C=O) groups excluding carboxylic acids is 1. The minimum Gasteiger partial charge on any atom is -0.480 e. The Bertz CT molecular complexity index is 562. The van der Waals surface area contributed by atoms with Gasteiger partial charge >= 0.3 is 5.97 Å². The van der Waals surface area contributed by atoms with Gasteiger partial charge in [-0.3, -0.25) is 4.79 Å². The molecule has 4 nitrogen and oxygen atoms in total. The van der Waals surface area contributed by atoms with E-state index in [4.69, 9.17) is 0 Å². The van der Waals surface area contributed by atoms with Gasteiger partial charge in [0.1, 0.15) is 6.04 Å². The molecule has 1 amide bonds. The molecule has 0 bridgehead atoms. The summed E-state index contributed by atoms with van der Waals surface area (Å²) in [6, 6.07) is 5.02.